The van der Waals surface area contributed by atoms with Crippen LogP contribution in [0.4, 0.5) is 4.79 Å². The van der Waals surface area contributed by atoms with Crippen molar-refractivity contribution in [2.75, 3.05) is 13.7 Å². The van der Waals surface area contributed by atoms with E-state index in [9.17, 15) is 4.79 Å². The molecule has 2 rings (SSSR count). The standard InChI is InChI=1S/C18H17NO2/c1-3-12-19(18(20)21-2)14-15-8-7-11-17(13-15)16-9-5-4-6-10-16/h1,4-11,13H,12,14H2,2H3. The molecule has 2 aromatic carbocycles. The molecule has 2 aromatic rings. The minimum atomic E-state index is -0.418. The van der Waals surface area contributed by atoms with Gasteiger partial charge in [0.2, 0.25) is 0 Å². The van der Waals surface area contributed by atoms with Gasteiger partial charge in [0.15, 0.2) is 0 Å². The first-order valence-electron chi connectivity index (χ1n) is 6.65. The summed E-state index contributed by atoms with van der Waals surface area (Å²) in [5.41, 5.74) is 3.26. The fraction of sp³-hybridized carbons (Fsp3) is 0.167. The Hall–Kier alpha value is -2.73. The summed E-state index contributed by atoms with van der Waals surface area (Å²) in [5, 5.41) is 0. The molecule has 0 aliphatic carbocycles. The van der Waals surface area contributed by atoms with Crippen LogP contribution in [-0.4, -0.2) is 24.6 Å². The van der Waals surface area contributed by atoms with E-state index >= 15 is 0 Å². The Morgan fingerprint density at radius 3 is 2.52 bits per heavy atom. The topological polar surface area (TPSA) is 29.5 Å². The summed E-state index contributed by atoms with van der Waals surface area (Å²) in [6.45, 7) is 0.653. The number of hydrogen-bond donors (Lipinski definition) is 0. The second-order valence-corrected chi connectivity index (χ2v) is 4.60. The van der Waals surface area contributed by atoms with Crippen molar-refractivity contribution in [3.63, 3.8) is 0 Å². The monoisotopic (exact) mass is 279 g/mol. The third kappa shape index (κ3) is 3.87. The fourth-order valence-corrected chi connectivity index (χ4v) is 2.12. The van der Waals surface area contributed by atoms with Crippen LogP contribution in [0.15, 0.2) is 54.6 Å². The van der Waals surface area contributed by atoms with Gasteiger partial charge < -0.3 is 4.74 Å². The van der Waals surface area contributed by atoms with Crippen molar-refractivity contribution in [1.82, 2.24) is 4.90 Å². The highest BCUT2D eigenvalue weighted by Gasteiger charge is 2.13. The van der Waals surface area contributed by atoms with Gasteiger partial charge in [-0.25, -0.2) is 4.79 Å². The van der Waals surface area contributed by atoms with Crippen LogP contribution in [0.1, 0.15) is 5.56 Å². The lowest BCUT2D eigenvalue weighted by Crippen LogP contribution is -2.30. The molecule has 0 unspecified atom stereocenters. The molecule has 0 aromatic heterocycles. The van der Waals surface area contributed by atoms with Crippen molar-refractivity contribution in [2.45, 2.75) is 6.54 Å². The Labute approximate surface area is 125 Å². The third-order valence-corrected chi connectivity index (χ3v) is 3.12. The number of carbonyl (C=O) groups is 1. The number of hydrogen-bond acceptors (Lipinski definition) is 2. The number of carbonyl (C=O) groups excluding carboxylic acids is 1. The van der Waals surface area contributed by atoms with Crippen molar-refractivity contribution in [3.05, 3.63) is 60.2 Å². The van der Waals surface area contributed by atoms with Crippen LogP contribution in [0.2, 0.25) is 0 Å². The quantitative estimate of drug-likeness (QED) is 0.801. The van der Waals surface area contributed by atoms with Gasteiger partial charge in [0.1, 0.15) is 0 Å². The van der Waals surface area contributed by atoms with Crippen molar-refractivity contribution >= 4 is 6.09 Å². The Morgan fingerprint density at radius 2 is 1.86 bits per heavy atom. The van der Waals surface area contributed by atoms with Crippen molar-refractivity contribution in [1.29, 1.82) is 0 Å². The number of nitrogens with zero attached hydrogens (tertiary/aromatic N) is 1. The largest absolute Gasteiger partial charge is 0.453 e. The normalized spacial score (nSPS) is 9.71. The maximum Gasteiger partial charge on any atom is 0.410 e. The van der Waals surface area contributed by atoms with E-state index in [1.807, 2.05) is 36.4 Å². The average molecular weight is 279 g/mol. The first kappa shape index (κ1) is 14.7. The molecule has 1 amide bonds. The summed E-state index contributed by atoms with van der Waals surface area (Å²) >= 11 is 0. The average Bonchev–Trinajstić information content (AvgIpc) is 2.55. The van der Waals surface area contributed by atoms with Crippen LogP contribution in [0.3, 0.4) is 0 Å². The highest BCUT2D eigenvalue weighted by atomic mass is 16.5. The SMILES string of the molecule is C#CCN(Cc1cccc(-c2ccccc2)c1)C(=O)OC. The minimum absolute atomic E-state index is 0.224. The third-order valence-electron chi connectivity index (χ3n) is 3.12. The highest BCUT2D eigenvalue weighted by Crippen LogP contribution is 2.20. The van der Waals surface area contributed by atoms with Crippen LogP contribution < -0.4 is 0 Å². The Morgan fingerprint density at radius 1 is 1.14 bits per heavy atom. The lowest BCUT2D eigenvalue weighted by molar-refractivity contribution is 0.126. The molecule has 0 spiro atoms. The zero-order chi connectivity index (χ0) is 15.1. The van der Waals surface area contributed by atoms with Gasteiger partial charge in [0.05, 0.1) is 13.7 Å². The summed E-state index contributed by atoms with van der Waals surface area (Å²) in [6, 6.07) is 18.1. The molecule has 0 heterocycles. The van der Waals surface area contributed by atoms with Gasteiger partial charge in [-0.3, -0.25) is 4.90 Å². The fourth-order valence-electron chi connectivity index (χ4n) is 2.12. The van der Waals surface area contributed by atoms with E-state index in [2.05, 4.69) is 24.1 Å². The molecule has 0 bridgehead atoms. The van der Waals surface area contributed by atoms with Crippen molar-refractivity contribution in [2.24, 2.45) is 0 Å². The van der Waals surface area contributed by atoms with Crippen LogP contribution in [-0.2, 0) is 11.3 Å². The molecule has 3 heteroatoms. The molecule has 21 heavy (non-hydrogen) atoms. The van der Waals surface area contributed by atoms with E-state index < -0.39 is 6.09 Å². The molecule has 3 nitrogen and oxygen atoms in total. The van der Waals surface area contributed by atoms with Gasteiger partial charge in [-0.2, -0.15) is 0 Å². The molecule has 0 radical (unpaired) electrons. The molecule has 106 valence electrons. The lowest BCUT2D eigenvalue weighted by Gasteiger charge is -2.19. The van der Waals surface area contributed by atoms with Gasteiger partial charge in [0, 0.05) is 6.54 Å². The van der Waals surface area contributed by atoms with E-state index in [1.165, 1.54) is 12.0 Å². The number of rotatable bonds is 4. The Kier molecular flexibility index (Phi) is 5.00. The first-order chi connectivity index (χ1) is 10.2. The molecule has 0 aliphatic rings. The molecular formula is C18H17NO2. The van der Waals surface area contributed by atoms with E-state index in [-0.39, 0.29) is 6.54 Å². The molecule has 0 N–H and O–H groups in total. The predicted octanol–water partition coefficient (Wildman–Crippen LogP) is 3.56. The van der Waals surface area contributed by atoms with Crippen LogP contribution in [0.25, 0.3) is 11.1 Å². The summed E-state index contributed by atoms with van der Waals surface area (Å²) in [4.78, 5) is 13.2. The smallest absolute Gasteiger partial charge is 0.410 e. The molecular weight excluding hydrogens is 262 g/mol. The van der Waals surface area contributed by atoms with Crippen LogP contribution >= 0.6 is 0 Å². The number of benzene rings is 2. The number of methoxy groups -OCH3 is 1. The zero-order valence-electron chi connectivity index (χ0n) is 12.0. The van der Waals surface area contributed by atoms with Gasteiger partial charge in [-0.1, -0.05) is 54.5 Å². The van der Waals surface area contributed by atoms with Crippen molar-refractivity contribution in [3.8, 4) is 23.5 Å². The Bertz CT molecular complexity index is 644. The zero-order valence-corrected chi connectivity index (χ0v) is 12.0. The lowest BCUT2D eigenvalue weighted by atomic mass is 10.0. The second kappa shape index (κ2) is 7.16. The molecule has 0 saturated carbocycles. The van der Waals surface area contributed by atoms with Gasteiger partial charge in [0.25, 0.3) is 0 Å². The number of terminal acetylenes is 1. The van der Waals surface area contributed by atoms with Gasteiger partial charge in [-0.15, -0.1) is 6.42 Å². The maximum atomic E-state index is 11.7. The van der Waals surface area contributed by atoms with E-state index in [4.69, 9.17) is 11.2 Å². The van der Waals surface area contributed by atoms with E-state index in [1.54, 1.807) is 0 Å². The minimum Gasteiger partial charge on any atom is -0.453 e. The number of amides is 1. The molecule has 0 aliphatic heterocycles. The van der Waals surface area contributed by atoms with Gasteiger partial charge >= 0.3 is 6.09 Å². The number of ether oxygens (including phenoxy) is 1. The summed E-state index contributed by atoms with van der Waals surface area (Å²) in [7, 11) is 1.35. The molecule has 0 fully saturated rings. The second-order valence-electron chi connectivity index (χ2n) is 4.60. The maximum absolute atomic E-state index is 11.7. The van der Waals surface area contributed by atoms with Crippen LogP contribution in [0.5, 0.6) is 0 Å². The Balaban J connectivity index is 2.21. The first-order valence-corrected chi connectivity index (χ1v) is 6.65. The predicted molar refractivity (Wildman–Crippen MR) is 83.5 cm³/mol. The summed E-state index contributed by atoms with van der Waals surface area (Å²) in [5.74, 6) is 2.47. The summed E-state index contributed by atoms with van der Waals surface area (Å²) in [6.07, 6.45) is 4.88. The molecule has 0 saturated heterocycles. The highest BCUT2D eigenvalue weighted by molar-refractivity contribution is 5.68. The van der Waals surface area contributed by atoms with Crippen LogP contribution in [0, 0.1) is 12.3 Å². The van der Waals surface area contributed by atoms with Gasteiger partial charge in [-0.05, 0) is 22.8 Å². The van der Waals surface area contributed by atoms with E-state index in [0.717, 1.165) is 16.7 Å². The molecule has 0 atom stereocenters. The van der Waals surface area contributed by atoms with E-state index in [0.29, 0.717) is 6.54 Å². The van der Waals surface area contributed by atoms with Crippen molar-refractivity contribution < 1.29 is 9.53 Å². The summed E-state index contributed by atoms with van der Waals surface area (Å²) < 4.78 is 4.74.